The molecule has 2 rings (SSSR count). The number of carbonyl (C=O) groups excluding carboxylic acids is 2. The van der Waals surface area contributed by atoms with Crippen LogP contribution in [0.25, 0.3) is 0 Å². The molecule has 0 fully saturated rings. The summed E-state index contributed by atoms with van der Waals surface area (Å²) in [5.74, 6) is 1.57. The van der Waals surface area contributed by atoms with Crippen molar-refractivity contribution in [1.29, 1.82) is 0 Å². The number of ether oxygens (including phenoxy) is 1. The van der Waals surface area contributed by atoms with Gasteiger partial charge in [-0.05, 0) is 43.3 Å². The highest BCUT2D eigenvalue weighted by Gasteiger charge is 2.09. The molecule has 0 unspecified atom stereocenters. The smallest absolute Gasteiger partial charge is 0.240 e. The van der Waals surface area contributed by atoms with E-state index in [-0.39, 0.29) is 24.5 Å². The topological polar surface area (TPSA) is 80.9 Å². The Kier molecular flexibility index (Phi) is 5.68. The van der Waals surface area contributed by atoms with Crippen LogP contribution >= 0.6 is 0 Å². The van der Waals surface area contributed by atoms with Gasteiger partial charge in [0, 0.05) is 18.4 Å². The number of ketones is 1. The lowest BCUT2D eigenvalue weighted by atomic mass is 10.1. The van der Waals surface area contributed by atoms with Gasteiger partial charge < -0.3 is 9.15 Å². The summed E-state index contributed by atoms with van der Waals surface area (Å²) < 4.78 is 10.3. The van der Waals surface area contributed by atoms with Crippen molar-refractivity contribution in [3.05, 3.63) is 53.5 Å². The first-order valence-corrected chi connectivity index (χ1v) is 7.14. The van der Waals surface area contributed by atoms with Crippen LogP contribution in [-0.2, 0) is 4.79 Å². The third kappa shape index (κ3) is 5.10. The number of methoxy groups -OCH3 is 1. The molecule has 0 aliphatic rings. The summed E-state index contributed by atoms with van der Waals surface area (Å²) in [6.45, 7) is 1.82. The van der Waals surface area contributed by atoms with Crippen molar-refractivity contribution in [3.8, 4) is 5.75 Å². The number of carbonyl (C=O) groups is 2. The van der Waals surface area contributed by atoms with E-state index < -0.39 is 0 Å². The molecule has 1 amide bonds. The molecule has 0 aliphatic carbocycles. The third-order valence-corrected chi connectivity index (χ3v) is 3.13. The average Bonchev–Trinajstić information content (AvgIpc) is 2.98. The van der Waals surface area contributed by atoms with Crippen molar-refractivity contribution >= 4 is 17.9 Å². The molecule has 23 heavy (non-hydrogen) atoms. The molecule has 0 saturated carbocycles. The first-order valence-electron chi connectivity index (χ1n) is 7.14. The van der Waals surface area contributed by atoms with Crippen LogP contribution in [0.15, 0.2) is 45.9 Å². The number of benzene rings is 1. The molecule has 6 heteroatoms. The molecule has 1 heterocycles. The van der Waals surface area contributed by atoms with E-state index in [2.05, 4.69) is 10.5 Å². The number of Topliss-reactive ketones (excluding diaryl/α,β-unsaturated/α-hetero) is 1. The number of hydrogen-bond acceptors (Lipinski definition) is 5. The molecule has 0 bridgehead atoms. The Morgan fingerprint density at radius 2 is 1.91 bits per heavy atom. The van der Waals surface area contributed by atoms with E-state index in [0.717, 1.165) is 5.76 Å². The van der Waals surface area contributed by atoms with Gasteiger partial charge in [-0.25, -0.2) is 5.43 Å². The van der Waals surface area contributed by atoms with Crippen molar-refractivity contribution in [2.45, 2.75) is 19.8 Å². The second-order valence-corrected chi connectivity index (χ2v) is 4.89. The van der Waals surface area contributed by atoms with Gasteiger partial charge in [-0.3, -0.25) is 9.59 Å². The van der Waals surface area contributed by atoms with Gasteiger partial charge in [-0.2, -0.15) is 5.10 Å². The maximum atomic E-state index is 12.0. The highest BCUT2D eigenvalue weighted by atomic mass is 16.5. The Balaban J connectivity index is 1.76. The number of aryl methyl sites for hydroxylation is 1. The Labute approximate surface area is 134 Å². The van der Waals surface area contributed by atoms with Gasteiger partial charge >= 0.3 is 0 Å². The van der Waals surface area contributed by atoms with Gasteiger partial charge in [0.2, 0.25) is 5.91 Å². The van der Waals surface area contributed by atoms with Crippen LogP contribution in [0.1, 0.15) is 34.7 Å². The van der Waals surface area contributed by atoms with E-state index in [1.165, 1.54) is 6.21 Å². The molecule has 0 atom stereocenters. The van der Waals surface area contributed by atoms with E-state index in [4.69, 9.17) is 9.15 Å². The van der Waals surface area contributed by atoms with E-state index in [1.54, 1.807) is 43.5 Å². The van der Waals surface area contributed by atoms with Crippen molar-refractivity contribution in [1.82, 2.24) is 5.43 Å². The first kappa shape index (κ1) is 16.5. The molecular weight excluding hydrogens is 296 g/mol. The summed E-state index contributed by atoms with van der Waals surface area (Å²) in [6, 6.07) is 10.3. The van der Waals surface area contributed by atoms with Crippen molar-refractivity contribution in [2.75, 3.05) is 7.11 Å². The SMILES string of the molecule is COc1ccc(C(=O)CCC(=O)N/N=C/c2ccc(C)o2)cc1. The normalized spacial score (nSPS) is 10.7. The number of nitrogens with one attached hydrogen (secondary N) is 1. The fraction of sp³-hybridized carbons (Fsp3) is 0.235. The Hall–Kier alpha value is -2.89. The van der Waals surface area contributed by atoms with E-state index in [0.29, 0.717) is 17.1 Å². The van der Waals surface area contributed by atoms with Gasteiger partial charge in [-0.1, -0.05) is 0 Å². The van der Waals surface area contributed by atoms with Crippen LogP contribution < -0.4 is 10.2 Å². The lowest BCUT2D eigenvalue weighted by Crippen LogP contribution is -2.18. The largest absolute Gasteiger partial charge is 0.497 e. The van der Waals surface area contributed by atoms with Crippen LogP contribution in [-0.4, -0.2) is 25.0 Å². The Bertz CT molecular complexity index is 702. The summed E-state index contributed by atoms with van der Waals surface area (Å²) in [5.41, 5.74) is 2.91. The molecule has 0 saturated heterocycles. The molecule has 1 aromatic heterocycles. The molecule has 0 spiro atoms. The molecule has 1 aromatic carbocycles. The highest BCUT2D eigenvalue weighted by Crippen LogP contribution is 2.13. The van der Waals surface area contributed by atoms with Crippen LogP contribution in [0.4, 0.5) is 0 Å². The predicted molar refractivity (Wildman–Crippen MR) is 85.7 cm³/mol. The minimum atomic E-state index is -0.327. The summed E-state index contributed by atoms with van der Waals surface area (Å²) in [5, 5.41) is 3.78. The number of furan rings is 1. The first-order chi connectivity index (χ1) is 11.1. The summed E-state index contributed by atoms with van der Waals surface area (Å²) in [7, 11) is 1.56. The van der Waals surface area contributed by atoms with E-state index >= 15 is 0 Å². The highest BCUT2D eigenvalue weighted by molar-refractivity contribution is 5.98. The zero-order valence-corrected chi connectivity index (χ0v) is 13.0. The fourth-order valence-electron chi connectivity index (χ4n) is 1.89. The van der Waals surface area contributed by atoms with Crippen molar-refractivity contribution in [3.63, 3.8) is 0 Å². The quantitative estimate of drug-likeness (QED) is 0.484. The minimum Gasteiger partial charge on any atom is -0.497 e. The second kappa shape index (κ2) is 7.93. The molecule has 120 valence electrons. The number of nitrogens with zero attached hydrogens (tertiary/aromatic N) is 1. The molecule has 0 aliphatic heterocycles. The average molecular weight is 314 g/mol. The number of rotatable bonds is 7. The maximum absolute atomic E-state index is 12.0. The monoisotopic (exact) mass is 314 g/mol. The fourth-order valence-corrected chi connectivity index (χ4v) is 1.89. The van der Waals surface area contributed by atoms with Gasteiger partial charge in [-0.15, -0.1) is 0 Å². The summed E-state index contributed by atoms with van der Waals surface area (Å²) in [4.78, 5) is 23.6. The minimum absolute atomic E-state index is 0.0688. The van der Waals surface area contributed by atoms with Crippen LogP contribution in [0.3, 0.4) is 0 Å². The number of amides is 1. The zero-order chi connectivity index (χ0) is 16.7. The number of hydrogen-bond donors (Lipinski definition) is 1. The van der Waals surface area contributed by atoms with Gasteiger partial charge in [0.25, 0.3) is 0 Å². The molecule has 6 nitrogen and oxygen atoms in total. The van der Waals surface area contributed by atoms with Crippen molar-refractivity contribution < 1.29 is 18.7 Å². The van der Waals surface area contributed by atoms with E-state index in [9.17, 15) is 9.59 Å². The lowest BCUT2D eigenvalue weighted by molar-refractivity contribution is -0.121. The van der Waals surface area contributed by atoms with Crippen molar-refractivity contribution in [2.24, 2.45) is 5.10 Å². The van der Waals surface area contributed by atoms with Crippen LogP contribution in [0, 0.1) is 6.92 Å². The molecule has 0 radical (unpaired) electrons. The maximum Gasteiger partial charge on any atom is 0.240 e. The molecule has 1 N–H and O–H groups in total. The number of hydrazone groups is 1. The molecule has 2 aromatic rings. The van der Waals surface area contributed by atoms with E-state index in [1.807, 2.05) is 6.92 Å². The second-order valence-electron chi connectivity index (χ2n) is 4.89. The zero-order valence-electron chi connectivity index (χ0n) is 13.0. The Morgan fingerprint density at radius 1 is 1.17 bits per heavy atom. The van der Waals surface area contributed by atoms with Gasteiger partial charge in [0.15, 0.2) is 5.78 Å². The molecular formula is C17H18N2O4. The summed E-state index contributed by atoms with van der Waals surface area (Å²) in [6.07, 6.45) is 1.60. The van der Waals surface area contributed by atoms with Gasteiger partial charge in [0.05, 0.1) is 13.3 Å². The third-order valence-electron chi connectivity index (χ3n) is 3.13. The van der Waals surface area contributed by atoms with Crippen LogP contribution in [0.5, 0.6) is 5.75 Å². The standard InChI is InChI=1S/C17H18N2O4/c1-12-3-6-15(23-12)11-18-19-17(21)10-9-16(20)13-4-7-14(22-2)8-5-13/h3-8,11H,9-10H2,1-2H3,(H,19,21)/b18-11+. The van der Waals surface area contributed by atoms with Crippen LogP contribution in [0.2, 0.25) is 0 Å². The lowest BCUT2D eigenvalue weighted by Gasteiger charge is -2.03. The summed E-state index contributed by atoms with van der Waals surface area (Å²) >= 11 is 0. The predicted octanol–water partition coefficient (Wildman–Crippen LogP) is 2.71. The Morgan fingerprint density at radius 3 is 2.52 bits per heavy atom. The van der Waals surface area contributed by atoms with Gasteiger partial charge in [0.1, 0.15) is 17.3 Å².